The Bertz CT molecular complexity index is 1000. The number of carbonyl (C=O) groups excluding carboxylic acids is 2. The summed E-state index contributed by atoms with van der Waals surface area (Å²) in [6.45, 7) is 0.112. The van der Waals surface area contributed by atoms with Gasteiger partial charge in [0.25, 0.3) is 0 Å². The molecule has 1 fully saturated rings. The number of rotatable bonds is 5. The molecule has 0 unspecified atom stereocenters. The first-order valence-corrected chi connectivity index (χ1v) is 10.2. The number of ether oxygens (including phenoxy) is 4. The highest BCUT2D eigenvalue weighted by molar-refractivity contribution is 6.01. The van der Waals surface area contributed by atoms with Gasteiger partial charge < -0.3 is 18.9 Å². The summed E-state index contributed by atoms with van der Waals surface area (Å²) in [4.78, 5) is 32.5. The van der Waals surface area contributed by atoms with E-state index in [0.29, 0.717) is 17.1 Å². The van der Waals surface area contributed by atoms with Gasteiger partial charge in [0.15, 0.2) is 16.9 Å². The Morgan fingerprint density at radius 3 is 2.41 bits per heavy atom. The minimum absolute atomic E-state index is 0.0408. The molecule has 0 amide bonds. The minimum atomic E-state index is -1.66. The number of nitrogens with zero attached hydrogens (tertiary/aromatic N) is 1. The Kier molecular flexibility index (Phi) is 6.16. The third kappa shape index (κ3) is 3.83. The van der Waals surface area contributed by atoms with E-state index in [1.54, 1.807) is 25.2 Å². The van der Waals surface area contributed by atoms with E-state index in [1.165, 1.54) is 19.3 Å². The molecule has 2 heterocycles. The van der Waals surface area contributed by atoms with E-state index in [0.717, 1.165) is 5.56 Å². The molecule has 0 N–H and O–H groups in total. The Morgan fingerprint density at radius 2 is 1.72 bits per heavy atom. The quantitative estimate of drug-likeness (QED) is 0.519. The van der Waals surface area contributed by atoms with Gasteiger partial charge in [-0.05, 0) is 23.3 Å². The van der Waals surface area contributed by atoms with Gasteiger partial charge in [-0.15, -0.1) is 0 Å². The average Bonchev–Trinajstić information content (AvgIpc) is 3.29. The molecule has 8 heteroatoms. The number of methoxy groups -OCH3 is 2. The number of carbonyl (C=O) groups is 2. The summed E-state index contributed by atoms with van der Waals surface area (Å²) in [6.07, 6.45) is 3.18. The van der Waals surface area contributed by atoms with Crippen LogP contribution >= 0.6 is 0 Å². The molecule has 1 saturated heterocycles. The van der Waals surface area contributed by atoms with Crippen LogP contribution in [-0.4, -0.2) is 51.2 Å². The van der Waals surface area contributed by atoms with Crippen LogP contribution in [-0.2, 0) is 23.9 Å². The average molecular weight is 439 g/mol. The second-order valence-corrected chi connectivity index (χ2v) is 7.63. The van der Waals surface area contributed by atoms with Gasteiger partial charge in [0.1, 0.15) is 0 Å². The van der Waals surface area contributed by atoms with E-state index in [2.05, 4.69) is 0 Å². The molecule has 2 aromatic rings. The lowest BCUT2D eigenvalue weighted by Gasteiger charge is -2.46. The van der Waals surface area contributed by atoms with Gasteiger partial charge in [-0.25, -0.2) is 0 Å². The van der Waals surface area contributed by atoms with Crippen molar-refractivity contribution in [2.75, 3.05) is 28.1 Å². The SMILES string of the molecule is COC(=O)C1(C(=O)OC)C[C@H](/C=C/c2ccccc2)ON(C)[C@@H]1c1ccc2c(c1)OCO2. The van der Waals surface area contributed by atoms with Crippen LogP contribution in [0.4, 0.5) is 0 Å². The van der Waals surface area contributed by atoms with Gasteiger partial charge >= 0.3 is 11.9 Å². The zero-order valence-electron chi connectivity index (χ0n) is 18.1. The summed E-state index contributed by atoms with van der Waals surface area (Å²) in [5, 5.41) is 1.51. The van der Waals surface area contributed by atoms with Crippen LogP contribution in [0.5, 0.6) is 11.5 Å². The summed E-state index contributed by atoms with van der Waals surface area (Å²) in [6, 6.07) is 14.1. The summed E-state index contributed by atoms with van der Waals surface area (Å²) in [5.41, 5.74) is -0.0491. The van der Waals surface area contributed by atoms with Crippen LogP contribution in [0.1, 0.15) is 23.6 Å². The first-order chi connectivity index (χ1) is 15.5. The Hall–Kier alpha value is -3.36. The largest absolute Gasteiger partial charge is 0.468 e. The lowest BCUT2D eigenvalue weighted by Crippen LogP contribution is -2.57. The van der Waals surface area contributed by atoms with Crippen LogP contribution in [0.15, 0.2) is 54.6 Å². The second-order valence-electron chi connectivity index (χ2n) is 7.63. The normalized spacial score (nSPS) is 22.0. The monoisotopic (exact) mass is 439 g/mol. The Balaban J connectivity index is 1.76. The molecular weight excluding hydrogens is 414 g/mol. The third-order valence-corrected chi connectivity index (χ3v) is 5.77. The number of hydrogen-bond donors (Lipinski definition) is 0. The van der Waals surface area contributed by atoms with Crippen LogP contribution < -0.4 is 9.47 Å². The number of hydrogen-bond acceptors (Lipinski definition) is 8. The van der Waals surface area contributed by atoms with Crippen LogP contribution in [0, 0.1) is 5.41 Å². The fourth-order valence-electron chi connectivity index (χ4n) is 4.35. The molecule has 2 aromatic carbocycles. The van der Waals surface area contributed by atoms with E-state index >= 15 is 0 Å². The summed E-state index contributed by atoms with van der Waals surface area (Å²) in [7, 11) is 4.19. The number of esters is 2. The summed E-state index contributed by atoms with van der Waals surface area (Å²) >= 11 is 0. The first-order valence-electron chi connectivity index (χ1n) is 10.2. The van der Waals surface area contributed by atoms with Crippen molar-refractivity contribution < 1.29 is 33.4 Å². The molecule has 168 valence electrons. The lowest BCUT2D eigenvalue weighted by atomic mass is 9.71. The van der Waals surface area contributed by atoms with Crippen LogP contribution in [0.2, 0.25) is 0 Å². The van der Waals surface area contributed by atoms with Crippen LogP contribution in [0.3, 0.4) is 0 Å². The predicted octanol–water partition coefficient (Wildman–Crippen LogP) is 3.14. The zero-order valence-corrected chi connectivity index (χ0v) is 18.1. The molecule has 0 saturated carbocycles. The van der Waals surface area contributed by atoms with E-state index < -0.39 is 29.5 Å². The fourth-order valence-corrected chi connectivity index (χ4v) is 4.35. The number of benzene rings is 2. The molecule has 2 atom stereocenters. The fraction of sp³-hybridized carbons (Fsp3) is 0.333. The number of fused-ring (bicyclic) bond motifs is 1. The molecular formula is C24H25NO7. The van der Waals surface area contributed by atoms with E-state index in [4.69, 9.17) is 23.8 Å². The maximum atomic E-state index is 13.2. The van der Waals surface area contributed by atoms with Gasteiger partial charge in [0.05, 0.1) is 26.4 Å². The van der Waals surface area contributed by atoms with Gasteiger partial charge in [0, 0.05) is 13.5 Å². The second kappa shape index (κ2) is 9.02. The molecule has 0 aliphatic carbocycles. The van der Waals surface area contributed by atoms with Crippen LogP contribution in [0.25, 0.3) is 6.08 Å². The highest BCUT2D eigenvalue weighted by atomic mass is 16.7. The van der Waals surface area contributed by atoms with Crippen molar-refractivity contribution in [3.8, 4) is 11.5 Å². The smallest absolute Gasteiger partial charge is 0.325 e. The first kappa shape index (κ1) is 21.9. The molecule has 0 aromatic heterocycles. The van der Waals surface area contributed by atoms with E-state index in [1.807, 2.05) is 42.5 Å². The maximum absolute atomic E-state index is 13.2. The molecule has 0 radical (unpaired) electrons. The van der Waals surface area contributed by atoms with Crippen molar-refractivity contribution in [3.05, 3.63) is 65.7 Å². The van der Waals surface area contributed by atoms with Gasteiger partial charge in [-0.3, -0.25) is 14.4 Å². The van der Waals surface area contributed by atoms with Crippen molar-refractivity contribution in [3.63, 3.8) is 0 Å². The topological polar surface area (TPSA) is 83.5 Å². The summed E-state index contributed by atoms with van der Waals surface area (Å²) in [5.74, 6) is -0.260. The van der Waals surface area contributed by atoms with Gasteiger partial charge in [0.2, 0.25) is 6.79 Å². The highest BCUT2D eigenvalue weighted by Crippen LogP contribution is 2.50. The van der Waals surface area contributed by atoms with Crippen molar-refractivity contribution in [2.24, 2.45) is 5.41 Å². The zero-order chi connectivity index (χ0) is 22.7. The van der Waals surface area contributed by atoms with Gasteiger partial charge in [-0.1, -0.05) is 48.6 Å². The predicted molar refractivity (Wildman–Crippen MR) is 115 cm³/mol. The van der Waals surface area contributed by atoms with E-state index in [9.17, 15) is 9.59 Å². The number of hydroxylamine groups is 2. The Morgan fingerprint density at radius 1 is 1.03 bits per heavy atom. The minimum Gasteiger partial charge on any atom is -0.468 e. The molecule has 8 nitrogen and oxygen atoms in total. The molecule has 4 rings (SSSR count). The molecule has 32 heavy (non-hydrogen) atoms. The molecule has 2 aliphatic rings. The Labute approximate surface area is 186 Å². The third-order valence-electron chi connectivity index (χ3n) is 5.77. The molecule has 0 spiro atoms. The van der Waals surface area contributed by atoms with Crippen molar-refractivity contribution in [1.82, 2.24) is 5.06 Å². The van der Waals surface area contributed by atoms with Gasteiger partial charge in [-0.2, -0.15) is 5.06 Å². The summed E-state index contributed by atoms with van der Waals surface area (Å²) < 4.78 is 21.1. The van der Waals surface area contributed by atoms with E-state index in [-0.39, 0.29) is 13.2 Å². The van der Waals surface area contributed by atoms with Crippen molar-refractivity contribution in [1.29, 1.82) is 0 Å². The van der Waals surface area contributed by atoms with Crippen molar-refractivity contribution in [2.45, 2.75) is 18.6 Å². The van der Waals surface area contributed by atoms with Crippen molar-refractivity contribution >= 4 is 18.0 Å². The highest BCUT2D eigenvalue weighted by Gasteiger charge is 2.60. The maximum Gasteiger partial charge on any atom is 0.325 e. The molecule has 0 bridgehead atoms. The standard InChI is InChI=1S/C24H25NO7/c1-25-21(17-10-12-19-20(13-17)31-15-30-19)24(22(26)28-2,23(27)29-3)14-18(32-25)11-9-16-7-5-4-6-8-16/h4-13,18,21H,14-15H2,1-3H3/b11-9+/t18-,21+/m0/s1. The lowest BCUT2D eigenvalue weighted by molar-refractivity contribution is -0.264. The molecule has 2 aliphatic heterocycles.